The van der Waals surface area contributed by atoms with Crippen LogP contribution in [0.25, 0.3) is 0 Å². The average molecular weight is 207 g/mol. The van der Waals surface area contributed by atoms with E-state index in [-0.39, 0.29) is 0 Å². The molecule has 10 heteroatoms. The molecule has 0 bridgehead atoms. The second kappa shape index (κ2) is 3.10. The Labute approximate surface area is 68.2 Å². The summed E-state index contributed by atoms with van der Waals surface area (Å²) in [5.74, 6) is 0. The van der Waals surface area contributed by atoms with Gasteiger partial charge in [0, 0.05) is 0 Å². The third-order valence-corrected chi connectivity index (χ3v) is 7.05. The summed E-state index contributed by atoms with van der Waals surface area (Å²) in [6, 6.07) is 0. The maximum Gasteiger partial charge on any atom is 0.509 e. The number of nitrogens with one attached hydrogen (secondary N) is 1. The first-order valence-corrected chi connectivity index (χ1v) is 7.53. The lowest BCUT2D eigenvalue weighted by Gasteiger charge is -1.99. The smallest absolute Gasteiger partial charge is 0.346 e. The Morgan fingerprint density at radius 1 is 1.70 bits per heavy atom. The lowest BCUT2D eigenvalue weighted by molar-refractivity contribution is 0.632. The molecule has 2 N–H and O–H groups in total. The number of hydrogen-bond acceptors (Lipinski definition) is 2. The Balaban J connectivity index is 3.05. The molecule has 4 radical (unpaired) electrons. The van der Waals surface area contributed by atoms with Crippen LogP contribution in [0.5, 0.6) is 0 Å². The van der Waals surface area contributed by atoms with E-state index >= 15 is 0 Å². The highest BCUT2D eigenvalue weighted by molar-refractivity contribution is 8.10. The fourth-order valence-electron chi connectivity index (χ4n) is 0.407. The lowest BCUT2D eigenvalue weighted by atomic mass is 10.8. The zero-order valence-electron chi connectivity index (χ0n) is 4.75. The molecule has 0 fully saturated rings. The average Bonchev–Trinajstić information content (AvgIpc) is 1.54. The molecule has 1 heterocycles. The van der Waals surface area contributed by atoms with Crippen molar-refractivity contribution in [3.05, 3.63) is 0 Å². The lowest BCUT2D eigenvalue weighted by Crippen LogP contribution is -1.91. The van der Waals surface area contributed by atoms with Gasteiger partial charge in [0.15, 0.2) is 0 Å². The maximum atomic E-state index is 9.12. The Hall–Kier alpha value is 0.900. The normalized spacial score (nSPS) is 40.1. The Morgan fingerprint density at radius 3 is 2.70 bits per heavy atom. The van der Waals surface area contributed by atoms with E-state index in [1.54, 1.807) is 0 Å². The minimum Gasteiger partial charge on any atom is -0.346 e. The molecule has 0 saturated heterocycles. The van der Waals surface area contributed by atoms with Crippen molar-refractivity contribution >= 4 is 49.0 Å². The van der Waals surface area contributed by atoms with Gasteiger partial charge in [0.1, 0.15) is 0 Å². The van der Waals surface area contributed by atoms with E-state index in [0.717, 1.165) is 0 Å². The van der Waals surface area contributed by atoms with Crippen LogP contribution in [0, 0.1) is 0 Å². The van der Waals surface area contributed by atoms with E-state index in [2.05, 4.69) is 13.9 Å². The standard InChI is InChI=1S/B2H2N3OP3S/c1-7-3-8(10)5-9(2,6)4-7/h6H,(H,3,4,10)/q+2. The van der Waals surface area contributed by atoms with Gasteiger partial charge >= 0.3 is 14.6 Å². The van der Waals surface area contributed by atoms with Crippen LogP contribution >= 0.6 is 22.1 Å². The molecule has 0 spiro atoms. The van der Waals surface area contributed by atoms with Crippen LogP contribution in [0.2, 0.25) is 0 Å². The molecule has 3 atom stereocenters. The van der Waals surface area contributed by atoms with E-state index in [1.807, 2.05) is 0 Å². The molecule has 3 unspecified atom stereocenters. The predicted octanol–water partition coefficient (Wildman–Crippen LogP) is 1.13. The van der Waals surface area contributed by atoms with Crippen molar-refractivity contribution < 1.29 is 4.89 Å². The fraction of sp³-hybridized carbons (Fsp3) is 0. The molecular formula is H2B2N3OP3S+2. The highest BCUT2D eigenvalue weighted by atomic mass is 32.4. The first kappa shape index (κ1) is 8.99. The van der Waals surface area contributed by atoms with Gasteiger partial charge in [0.05, 0.1) is 4.86 Å². The van der Waals surface area contributed by atoms with Gasteiger partial charge in [0.25, 0.3) is 7.74 Å². The second-order valence-electron chi connectivity index (χ2n) is 1.51. The summed E-state index contributed by atoms with van der Waals surface area (Å²) in [7, 11) is 6.43. The fourth-order valence-corrected chi connectivity index (χ4v) is 6.42. The molecule has 1 rings (SSSR count). The quantitative estimate of drug-likeness (QED) is 0.462. The van der Waals surface area contributed by atoms with Crippen LogP contribution in [0.1, 0.15) is 0 Å². The highest BCUT2D eigenvalue weighted by Gasteiger charge is 2.31. The zero-order valence-corrected chi connectivity index (χ0v) is 8.25. The van der Waals surface area contributed by atoms with Gasteiger partial charge in [-0.2, -0.15) is 0 Å². The Morgan fingerprint density at radius 2 is 2.30 bits per heavy atom. The summed E-state index contributed by atoms with van der Waals surface area (Å²) in [4.78, 5) is 11.8. The molecule has 0 amide bonds. The van der Waals surface area contributed by atoms with Gasteiger partial charge < -0.3 is 4.89 Å². The van der Waals surface area contributed by atoms with Crippen molar-refractivity contribution in [3.63, 3.8) is 0 Å². The summed E-state index contributed by atoms with van der Waals surface area (Å²) in [6.07, 6.45) is 0. The van der Waals surface area contributed by atoms with Crippen LogP contribution in [0.15, 0.2) is 9.03 Å². The summed E-state index contributed by atoms with van der Waals surface area (Å²) in [6.45, 7) is -1.18. The Bertz CT molecular complexity index is 254. The van der Waals surface area contributed by atoms with Gasteiger partial charge in [-0.3, -0.25) is 0 Å². The minimum atomic E-state index is -2.93. The number of nitrogens with zero attached hydrogens (tertiary/aromatic N) is 2. The van der Waals surface area contributed by atoms with Crippen LogP contribution in [0.3, 0.4) is 0 Å². The molecular weight excluding hydrogens is 205 g/mol. The molecule has 1 aliphatic heterocycles. The molecule has 10 heavy (non-hydrogen) atoms. The molecule has 0 aromatic heterocycles. The van der Waals surface area contributed by atoms with Crippen LogP contribution in [-0.2, 0) is 11.8 Å². The molecule has 0 aromatic rings. The molecule has 4 nitrogen and oxygen atoms in total. The van der Waals surface area contributed by atoms with E-state index in [9.17, 15) is 0 Å². The van der Waals surface area contributed by atoms with Gasteiger partial charge in [-0.15, -0.1) is 0 Å². The molecule has 0 aromatic carbocycles. The topological polar surface area (TPSA) is 57.0 Å². The first-order chi connectivity index (χ1) is 4.49. The molecule has 1 aliphatic rings. The van der Waals surface area contributed by atoms with Crippen molar-refractivity contribution in [2.24, 2.45) is 9.03 Å². The van der Waals surface area contributed by atoms with Crippen LogP contribution in [-0.4, -0.2) is 20.0 Å². The summed E-state index contributed by atoms with van der Waals surface area (Å²) < 4.78 is 7.27. The third kappa shape index (κ3) is 2.50. The largest absolute Gasteiger partial charge is 0.509 e. The zero-order chi connectivity index (χ0) is 7.78. The van der Waals surface area contributed by atoms with Gasteiger partial charge in [-0.05, 0) is 4.52 Å². The monoisotopic (exact) mass is 207 g/mol. The highest BCUT2D eigenvalue weighted by Crippen LogP contribution is 2.56. The SMILES string of the molecule is [B][P+]1=NP([B])(O)=N[P+](=S)N1. The molecule has 0 aliphatic carbocycles. The van der Waals surface area contributed by atoms with Gasteiger partial charge in [-0.25, -0.2) is 0 Å². The van der Waals surface area contributed by atoms with E-state index < -0.39 is 22.1 Å². The molecule has 48 valence electrons. The van der Waals surface area contributed by atoms with Crippen molar-refractivity contribution in [3.8, 4) is 0 Å². The summed E-state index contributed by atoms with van der Waals surface area (Å²) >= 11 is 4.77. The van der Waals surface area contributed by atoms with Crippen molar-refractivity contribution in [2.75, 3.05) is 0 Å². The van der Waals surface area contributed by atoms with Crippen molar-refractivity contribution in [1.29, 1.82) is 0 Å². The van der Waals surface area contributed by atoms with Gasteiger partial charge in [-0.1, -0.05) is 4.52 Å². The van der Waals surface area contributed by atoms with Crippen molar-refractivity contribution in [2.45, 2.75) is 0 Å². The first-order valence-electron chi connectivity index (χ1n) is 2.15. The van der Waals surface area contributed by atoms with Gasteiger partial charge in [0.2, 0.25) is 26.7 Å². The van der Waals surface area contributed by atoms with E-state index in [1.165, 1.54) is 0 Å². The summed E-state index contributed by atoms with van der Waals surface area (Å²) in [5.41, 5.74) is 0. The minimum absolute atomic E-state index is 1.18. The van der Waals surface area contributed by atoms with Crippen LogP contribution < -0.4 is 4.86 Å². The Kier molecular flexibility index (Phi) is 2.79. The second-order valence-corrected chi connectivity index (χ2v) is 7.24. The maximum absolute atomic E-state index is 9.12. The van der Waals surface area contributed by atoms with E-state index in [4.69, 9.17) is 31.8 Å². The van der Waals surface area contributed by atoms with Crippen molar-refractivity contribution in [1.82, 2.24) is 4.86 Å². The van der Waals surface area contributed by atoms with E-state index in [0.29, 0.717) is 0 Å². The predicted molar refractivity (Wildman–Crippen MR) is 49.8 cm³/mol. The number of hydrogen-bond donors (Lipinski definition) is 2. The third-order valence-electron chi connectivity index (χ3n) is 0.629. The number of rotatable bonds is 0. The van der Waals surface area contributed by atoms with Crippen LogP contribution in [0.4, 0.5) is 0 Å². The summed E-state index contributed by atoms with van der Waals surface area (Å²) in [5, 5.41) is 0. The molecule has 0 saturated carbocycles.